The average molecular weight is 253 g/mol. The largest absolute Gasteiger partial charge is 0.477 e. The third kappa shape index (κ3) is 4.14. The van der Waals surface area contributed by atoms with Crippen LogP contribution in [0.5, 0.6) is 5.88 Å². The molecule has 1 aromatic heterocycles. The number of methoxy groups -OCH3 is 1. The van der Waals surface area contributed by atoms with Gasteiger partial charge in [-0.1, -0.05) is 0 Å². The summed E-state index contributed by atoms with van der Waals surface area (Å²) in [5, 5.41) is 3.18. The minimum absolute atomic E-state index is 0.175. The van der Waals surface area contributed by atoms with Crippen LogP contribution in [0.15, 0.2) is 6.33 Å². The minimum atomic E-state index is -0.175. The van der Waals surface area contributed by atoms with E-state index in [-0.39, 0.29) is 5.60 Å². The van der Waals surface area contributed by atoms with Crippen molar-refractivity contribution in [3.8, 4) is 5.88 Å². The molecule has 5 nitrogen and oxygen atoms in total. The Morgan fingerprint density at radius 1 is 1.33 bits per heavy atom. The Labute approximate surface area is 109 Å². The molecular formula is C13H23N3O2. The smallest absolute Gasteiger partial charge is 0.221 e. The van der Waals surface area contributed by atoms with Gasteiger partial charge >= 0.3 is 0 Å². The van der Waals surface area contributed by atoms with Crippen molar-refractivity contribution in [2.45, 2.75) is 39.7 Å². The van der Waals surface area contributed by atoms with Gasteiger partial charge in [0.25, 0.3) is 0 Å². The highest BCUT2D eigenvalue weighted by Gasteiger charge is 2.16. The van der Waals surface area contributed by atoms with Gasteiger partial charge in [0.2, 0.25) is 5.88 Å². The van der Waals surface area contributed by atoms with Crippen molar-refractivity contribution in [1.82, 2.24) is 9.97 Å². The molecule has 102 valence electrons. The molecular weight excluding hydrogens is 230 g/mol. The van der Waals surface area contributed by atoms with Crippen molar-refractivity contribution in [2.75, 3.05) is 25.6 Å². The quantitative estimate of drug-likeness (QED) is 0.808. The molecule has 5 heteroatoms. The molecule has 1 heterocycles. The van der Waals surface area contributed by atoms with E-state index < -0.39 is 0 Å². The lowest BCUT2D eigenvalue weighted by atomic mass is 10.1. The van der Waals surface area contributed by atoms with Gasteiger partial charge in [-0.3, -0.25) is 0 Å². The molecule has 0 spiro atoms. The predicted molar refractivity (Wildman–Crippen MR) is 72.1 cm³/mol. The second-order valence-corrected chi connectivity index (χ2v) is 4.75. The monoisotopic (exact) mass is 253 g/mol. The number of ether oxygens (including phenoxy) is 2. The summed E-state index contributed by atoms with van der Waals surface area (Å²) >= 11 is 0. The van der Waals surface area contributed by atoms with Crippen LogP contribution in [-0.4, -0.2) is 35.8 Å². The summed E-state index contributed by atoms with van der Waals surface area (Å²) < 4.78 is 11.0. The number of aromatic nitrogens is 2. The lowest BCUT2D eigenvalue weighted by Crippen LogP contribution is -2.25. The summed E-state index contributed by atoms with van der Waals surface area (Å²) in [7, 11) is 1.71. The Hall–Kier alpha value is -1.36. The molecule has 0 atom stereocenters. The first kappa shape index (κ1) is 14.7. The summed E-state index contributed by atoms with van der Waals surface area (Å²) in [4.78, 5) is 8.33. The molecule has 0 aliphatic carbocycles. The minimum Gasteiger partial charge on any atom is -0.477 e. The van der Waals surface area contributed by atoms with Crippen molar-refractivity contribution in [1.29, 1.82) is 0 Å². The number of hydrogen-bond acceptors (Lipinski definition) is 5. The van der Waals surface area contributed by atoms with Gasteiger partial charge in [0.1, 0.15) is 12.1 Å². The topological polar surface area (TPSA) is 56.3 Å². The van der Waals surface area contributed by atoms with E-state index in [4.69, 9.17) is 9.47 Å². The zero-order chi connectivity index (χ0) is 13.6. The number of nitrogens with one attached hydrogen (secondary N) is 1. The first-order chi connectivity index (χ1) is 8.50. The van der Waals surface area contributed by atoms with E-state index in [1.165, 1.54) is 6.33 Å². The van der Waals surface area contributed by atoms with Gasteiger partial charge in [-0.05, 0) is 27.7 Å². The number of hydrogen-bond donors (Lipinski definition) is 1. The van der Waals surface area contributed by atoms with Crippen LogP contribution in [0.1, 0.15) is 32.8 Å². The van der Waals surface area contributed by atoms with Crippen LogP contribution < -0.4 is 10.1 Å². The van der Waals surface area contributed by atoms with E-state index in [2.05, 4.69) is 15.3 Å². The van der Waals surface area contributed by atoms with Gasteiger partial charge in [0.05, 0.1) is 17.8 Å². The summed E-state index contributed by atoms with van der Waals surface area (Å²) in [5.41, 5.74) is 0.764. The van der Waals surface area contributed by atoms with Crippen LogP contribution >= 0.6 is 0 Å². The highest BCUT2D eigenvalue weighted by molar-refractivity contribution is 5.47. The Balaban J connectivity index is 2.60. The van der Waals surface area contributed by atoms with Crippen LogP contribution in [0.3, 0.4) is 0 Å². The fourth-order valence-electron chi connectivity index (χ4n) is 1.42. The van der Waals surface area contributed by atoms with Crippen molar-refractivity contribution < 1.29 is 9.47 Å². The predicted octanol–water partition coefficient (Wildman–Crippen LogP) is 2.41. The van der Waals surface area contributed by atoms with E-state index in [0.717, 1.165) is 24.3 Å². The van der Waals surface area contributed by atoms with Gasteiger partial charge in [-0.15, -0.1) is 0 Å². The molecule has 0 aromatic carbocycles. The van der Waals surface area contributed by atoms with Crippen LogP contribution in [-0.2, 0) is 4.74 Å². The Bertz CT molecular complexity index is 380. The number of anilines is 1. The first-order valence-electron chi connectivity index (χ1n) is 6.23. The molecule has 0 aliphatic heterocycles. The lowest BCUT2D eigenvalue weighted by molar-refractivity contribution is 0.00502. The molecule has 0 bridgehead atoms. The van der Waals surface area contributed by atoms with Crippen molar-refractivity contribution in [2.24, 2.45) is 0 Å². The molecule has 0 saturated heterocycles. The van der Waals surface area contributed by atoms with Crippen LogP contribution in [0.25, 0.3) is 0 Å². The van der Waals surface area contributed by atoms with Gasteiger partial charge in [-0.2, -0.15) is 0 Å². The Morgan fingerprint density at radius 3 is 2.67 bits per heavy atom. The molecule has 1 N–H and O–H groups in total. The number of rotatable bonds is 7. The molecule has 0 unspecified atom stereocenters. The van der Waals surface area contributed by atoms with E-state index in [1.54, 1.807) is 7.11 Å². The van der Waals surface area contributed by atoms with Gasteiger partial charge in [0.15, 0.2) is 0 Å². The third-order valence-corrected chi connectivity index (χ3v) is 2.88. The fraction of sp³-hybridized carbons (Fsp3) is 0.692. The highest BCUT2D eigenvalue weighted by Crippen LogP contribution is 2.21. The van der Waals surface area contributed by atoms with Gasteiger partial charge in [0, 0.05) is 20.1 Å². The molecule has 0 aliphatic rings. The highest BCUT2D eigenvalue weighted by atomic mass is 16.5. The van der Waals surface area contributed by atoms with Crippen molar-refractivity contribution >= 4 is 5.82 Å². The van der Waals surface area contributed by atoms with E-state index in [0.29, 0.717) is 12.5 Å². The molecule has 0 saturated carbocycles. The summed E-state index contributed by atoms with van der Waals surface area (Å²) in [6.45, 7) is 9.46. The van der Waals surface area contributed by atoms with E-state index in [9.17, 15) is 0 Å². The third-order valence-electron chi connectivity index (χ3n) is 2.88. The standard InChI is InChI=1S/C13H23N3O2/c1-6-14-11-10(2)12(16-9-15-11)18-8-7-13(3,4)17-5/h9H,6-8H2,1-5H3,(H,14,15,16). The van der Waals surface area contributed by atoms with Crippen LogP contribution in [0.2, 0.25) is 0 Å². The van der Waals surface area contributed by atoms with Crippen LogP contribution in [0, 0.1) is 6.92 Å². The maximum Gasteiger partial charge on any atom is 0.221 e. The molecule has 0 fully saturated rings. The molecule has 0 amide bonds. The average Bonchev–Trinajstić information content (AvgIpc) is 2.34. The van der Waals surface area contributed by atoms with Gasteiger partial charge in [-0.25, -0.2) is 9.97 Å². The Morgan fingerprint density at radius 2 is 2.06 bits per heavy atom. The molecule has 1 rings (SSSR count). The van der Waals surface area contributed by atoms with Crippen molar-refractivity contribution in [3.05, 3.63) is 11.9 Å². The van der Waals surface area contributed by atoms with E-state index >= 15 is 0 Å². The maximum absolute atomic E-state index is 5.69. The second kappa shape index (κ2) is 6.54. The number of nitrogens with zero attached hydrogens (tertiary/aromatic N) is 2. The fourth-order valence-corrected chi connectivity index (χ4v) is 1.42. The molecule has 1 aromatic rings. The lowest BCUT2D eigenvalue weighted by Gasteiger charge is -2.22. The zero-order valence-electron chi connectivity index (χ0n) is 11.9. The first-order valence-corrected chi connectivity index (χ1v) is 6.23. The van der Waals surface area contributed by atoms with Crippen molar-refractivity contribution in [3.63, 3.8) is 0 Å². The van der Waals surface area contributed by atoms with Crippen LogP contribution in [0.4, 0.5) is 5.82 Å². The normalized spacial score (nSPS) is 11.4. The maximum atomic E-state index is 5.69. The summed E-state index contributed by atoms with van der Waals surface area (Å²) in [5.74, 6) is 1.46. The second-order valence-electron chi connectivity index (χ2n) is 4.75. The zero-order valence-corrected chi connectivity index (χ0v) is 11.9. The van der Waals surface area contributed by atoms with E-state index in [1.807, 2.05) is 27.7 Å². The molecule has 0 radical (unpaired) electrons. The van der Waals surface area contributed by atoms with Gasteiger partial charge < -0.3 is 14.8 Å². The molecule has 18 heavy (non-hydrogen) atoms. The Kier molecular flexibility index (Phi) is 5.34. The summed E-state index contributed by atoms with van der Waals surface area (Å²) in [6.07, 6.45) is 2.32. The SMILES string of the molecule is CCNc1ncnc(OCCC(C)(C)OC)c1C. The summed E-state index contributed by atoms with van der Waals surface area (Å²) in [6, 6.07) is 0.